The third-order valence-corrected chi connectivity index (χ3v) is 6.79. The lowest BCUT2D eigenvalue weighted by Crippen LogP contribution is -2.50. The van der Waals surface area contributed by atoms with Crippen LogP contribution >= 0.6 is 35.6 Å². The van der Waals surface area contributed by atoms with E-state index in [-0.39, 0.29) is 35.3 Å². The first-order chi connectivity index (χ1) is 14.1. The SMILES string of the molecule is CN=C(NCC1(c2cccc(Cl)c2)CC1)N1CCC(C(=O)N2CCOCC2)CC1.I. The molecule has 1 aliphatic carbocycles. The van der Waals surface area contributed by atoms with E-state index in [1.807, 2.05) is 24.1 Å². The highest BCUT2D eigenvalue weighted by Gasteiger charge is 2.44. The van der Waals surface area contributed by atoms with E-state index in [9.17, 15) is 4.79 Å². The third kappa shape index (κ3) is 5.40. The second-order valence-corrected chi connectivity index (χ2v) is 8.83. The van der Waals surface area contributed by atoms with Crippen LogP contribution in [-0.2, 0) is 14.9 Å². The highest BCUT2D eigenvalue weighted by Crippen LogP contribution is 2.48. The summed E-state index contributed by atoms with van der Waals surface area (Å²) in [6, 6.07) is 8.21. The van der Waals surface area contributed by atoms with Crippen LogP contribution in [0, 0.1) is 5.92 Å². The zero-order valence-corrected chi connectivity index (χ0v) is 20.7. The molecule has 0 unspecified atom stereocenters. The van der Waals surface area contributed by atoms with Crippen LogP contribution in [0.15, 0.2) is 29.3 Å². The van der Waals surface area contributed by atoms with Gasteiger partial charge in [-0.25, -0.2) is 0 Å². The molecule has 1 amide bonds. The normalized spacial score (nSPS) is 21.7. The molecule has 3 fully saturated rings. The lowest BCUT2D eigenvalue weighted by atomic mass is 9.95. The number of piperidine rings is 1. The van der Waals surface area contributed by atoms with Crippen molar-refractivity contribution in [2.24, 2.45) is 10.9 Å². The van der Waals surface area contributed by atoms with Crippen LogP contribution < -0.4 is 5.32 Å². The Morgan fingerprint density at radius 1 is 1.20 bits per heavy atom. The van der Waals surface area contributed by atoms with Gasteiger partial charge < -0.3 is 19.9 Å². The maximum atomic E-state index is 12.7. The van der Waals surface area contributed by atoms with Crippen molar-refractivity contribution >= 4 is 47.4 Å². The second kappa shape index (κ2) is 10.5. The molecule has 3 aliphatic rings. The van der Waals surface area contributed by atoms with Crippen molar-refractivity contribution in [1.82, 2.24) is 15.1 Å². The number of benzene rings is 1. The van der Waals surface area contributed by atoms with E-state index in [0.717, 1.165) is 56.5 Å². The number of nitrogens with zero attached hydrogens (tertiary/aromatic N) is 3. The van der Waals surface area contributed by atoms with Crippen molar-refractivity contribution in [2.75, 3.05) is 53.0 Å². The first-order valence-electron chi connectivity index (χ1n) is 10.7. The minimum absolute atomic E-state index is 0. The molecule has 2 saturated heterocycles. The number of ether oxygens (including phenoxy) is 1. The first-order valence-corrected chi connectivity index (χ1v) is 11.1. The Morgan fingerprint density at radius 3 is 2.50 bits per heavy atom. The van der Waals surface area contributed by atoms with Gasteiger partial charge in [0.05, 0.1) is 13.2 Å². The molecule has 0 spiro atoms. The summed E-state index contributed by atoms with van der Waals surface area (Å²) < 4.78 is 5.36. The number of amides is 1. The molecule has 166 valence electrons. The average molecular weight is 547 g/mol. The lowest BCUT2D eigenvalue weighted by molar-refractivity contribution is -0.140. The molecule has 1 aromatic carbocycles. The minimum atomic E-state index is 0. The summed E-state index contributed by atoms with van der Waals surface area (Å²) in [6.45, 7) is 5.38. The maximum absolute atomic E-state index is 12.7. The fourth-order valence-corrected chi connectivity index (χ4v) is 4.69. The van der Waals surface area contributed by atoms with Gasteiger partial charge in [0.1, 0.15) is 0 Å². The van der Waals surface area contributed by atoms with Gasteiger partial charge in [-0.05, 0) is 43.4 Å². The number of morpholine rings is 1. The van der Waals surface area contributed by atoms with Crippen LogP contribution in [0.3, 0.4) is 0 Å². The Kier molecular flexibility index (Phi) is 8.26. The van der Waals surface area contributed by atoms with Crippen molar-refractivity contribution in [3.05, 3.63) is 34.9 Å². The average Bonchev–Trinajstić information content (AvgIpc) is 3.56. The van der Waals surface area contributed by atoms with Gasteiger partial charge in [0.25, 0.3) is 0 Å². The molecule has 1 aromatic rings. The zero-order chi connectivity index (χ0) is 20.3. The number of aliphatic imine (C=N–C) groups is 1. The van der Waals surface area contributed by atoms with Crippen LogP contribution in [0.5, 0.6) is 0 Å². The van der Waals surface area contributed by atoms with Crippen LogP contribution in [0.2, 0.25) is 5.02 Å². The quantitative estimate of drug-likeness (QED) is 0.358. The molecular weight excluding hydrogens is 515 g/mol. The van der Waals surface area contributed by atoms with Crippen molar-refractivity contribution in [1.29, 1.82) is 0 Å². The van der Waals surface area contributed by atoms with Gasteiger partial charge in [-0.1, -0.05) is 23.7 Å². The molecule has 30 heavy (non-hydrogen) atoms. The van der Waals surface area contributed by atoms with Gasteiger partial charge in [-0.3, -0.25) is 9.79 Å². The summed E-state index contributed by atoms with van der Waals surface area (Å²) in [5.41, 5.74) is 1.48. The van der Waals surface area contributed by atoms with Crippen LogP contribution in [0.25, 0.3) is 0 Å². The maximum Gasteiger partial charge on any atom is 0.225 e. The van der Waals surface area contributed by atoms with E-state index >= 15 is 0 Å². The molecule has 2 heterocycles. The number of halogens is 2. The van der Waals surface area contributed by atoms with Gasteiger partial charge in [-0.2, -0.15) is 0 Å². The summed E-state index contributed by atoms with van der Waals surface area (Å²) >= 11 is 6.20. The Bertz CT molecular complexity index is 757. The van der Waals surface area contributed by atoms with Gasteiger partial charge in [0.2, 0.25) is 5.91 Å². The number of carbonyl (C=O) groups is 1. The van der Waals surface area contributed by atoms with Gasteiger partial charge >= 0.3 is 0 Å². The van der Waals surface area contributed by atoms with Crippen LogP contribution in [0.4, 0.5) is 0 Å². The van der Waals surface area contributed by atoms with Gasteiger partial charge in [-0.15, -0.1) is 24.0 Å². The number of likely N-dealkylation sites (tertiary alicyclic amines) is 1. The molecule has 0 radical (unpaired) electrons. The van der Waals surface area contributed by atoms with E-state index in [0.29, 0.717) is 19.1 Å². The fourth-order valence-electron chi connectivity index (χ4n) is 4.50. The third-order valence-electron chi connectivity index (χ3n) is 6.55. The summed E-state index contributed by atoms with van der Waals surface area (Å²) in [5.74, 6) is 1.37. The molecule has 8 heteroatoms. The van der Waals surface area contributed by atoms with Crippen molar-refractivity contribution in [2.45, 2.75) is 31.1 Å². The molecule has 4 rings (SSSR count). The molecule has 0 atom stereocenters. The van der Waals surface area contributed by atoms with Crippen LogP contribution in [-0.4, -0.2) is 74.7 Å². The predicted molar refractivity (Wildman–Crippen MR) is 131 cm³/mol. The topological polar surface area (TPSA) is 57.2 Å². The molecule has 0 bridgehead atoms. The van der Waals surface area contributed by atoms with E-state index in [4.69, 9.17) is 16.3 Å². The molecule has 2 aliphatic heterocycles. The summed E-state index contributed by atoms with van der Waals surface area (Å²) in [6.07, 6.45) is 4.12. The van der Waals surface area contributed by atoms with Crippen LogP contribution in [0.1, 0.15) is 31.2 Å². The smallest absolute Gasteiger partial charge is 0.225 e. The Hall–Kier alpha value is -1.06. The number of rotatable bonds is 4. The summed E-state index contributed by atoms with van der Waals surface area (Å²) in [5, 5.41) is 4.38. The first kappa shape index (κ1) is 23.6. The monoisotopic (exact) mass is 546 g/mol. The largest absolute Gasteiger partial charge is 0.378 e. The Labute approximate surface area is 201 Å². The number of carbonyl (C=O) groups excluding carboxylic acids is 1. The van der Waals surface area contributed by atoms with E-state index in [2.05, 4.69) is 27.3 Å². The van der Waals surface area contributed by atoms with E-state index in [1.54, 1.807) is 0 Å². The number of nitrogens with one attached hydrogen (secondary N) is 1. The van der Waals surface area contributed by atoms with Gasteiger partial charge in [0, 0.05) is 56.1 Å². The standard InChI is InChI=1S/C22H31ClN4O2.HI/c1-24-21(25-16-22(7-8-22)18-3-2-4-19(23)15-18)27-9-5-17(6-10-27)20(28)26-11-13-29-14-12-26;/h2-4,15,17H,5-14,16H2,1H3,(H,24,25);1H. The van der Waals surface area contributed by atoms with Crippen molar-refractivity contribution in [3.8, 4) is 0 Å². The van der Waals surface area contributed by atoms with E-state index in [1.165, 1.54) is 18.4 Å². The van der Waals surface area contributed by atoms with Crippen molar-refractivity contribution in [3.63, 3.8) is 0 Å². The number of hydrogen-bond donors (Lipinski definition) is 1. The van der Waals surface area contributed by atoms with E-state index < -0.39 is 0 Å². The number of hydrogen-bond acceptors (Lipinski definition) is 3. The highest BCUT2D eigenvalue weighted by molar-refractivity contribution is 14.0. The minimum Gasteiger partial charge on any atom is -0.378 e. The Balaban J connectivity index is 0.00000256. The molecule has 0 aromatic heterocycles. The Morgan fingerprint density at radius 2 is 1.90 bits per heavy atom. The number of guanidine groups is 1. The van der Waals surface area contributed by atoms with Gasteiger partial charge in [0.15, 0.2) is 5.96 Å². The fraction of sp³-hybridized carbons (Fsp3) is 0.636. The zero-order valence-electron chi connectivity index (χ0n) is 17.6. The lowest BCUT2D eigenvalue weighted by Gasteiger charge is -2.37. The predicted octanol–water partition coefficient (Wildman–Crippen LogP) is 3.14. The van der Waals surface area contributed by atoms with Crippen molar-refractivity contribution < 1.29 is 9.53 Å². The second-order valence-electron chi connectivity index (χ2n) is 8.39. The molecular formula is C22H32ClIN4O2. The molecule has 1 saturated carbocycles. The summed E-state index contributed by atoms with van der Waals surface area (Å²) in [4.78, 5) is 21.5. The molecule has 6 nitrogen and oxygen atoms in total. The highest BCUT2D eigenvalue weighted by atomic mass is 127. The summed E-state index contributed by atoms with van der Waals surface area (Å²) in [7, 11) is 1.84. The molecule has 1 N–H and O–H groups in total.